The number of aliphatic carboxylic acids is 1. The molecular weight excluding hydrogens is 280 g/mol. The molecule has 2 heterocycles. The van der Waals surface area contributed by atoms with E-state index in [4.69, 9.17) is 5.11 Å². The minimum absolute atomic E-state index is 0.0338. The van der Waals surface area contributed by atoms with Gasteiger partial charge < -0.3 is 10.4 Å². The van der Waals surface area contributed by atoms with E-state index in [2.05, 4.69) is 20.3 Å². The molecule has 8 heteroatoms. The molecule has 0 bridgehead atoms. The van der Waals surface area contributed by atoms with Crippen LogP contribution in [0.1, 0.15) is 22.5 Å². The molecule has 1 amide bonds. The van der Waals surface area contributed by atoms with Gasteiger partial charge in [-0.3, -0.25) is 9.59 Å². The normalized spacial score (nSPS) is 10.2. The molecular formula is C12H12N4O3S. The van der Waals surface area contributed by atoms with Crippen LogP contribution in [0.5, 0.6) is 0 Å². The molecule has 0 radical (unpaired) electrons. The molecule has 2 aromatic heterocycles. The molecule has 20 heavy (non-hydrogen) atoms. The zero-order valence-corrected chi connectivity index (χ0v) is 11.3. The lowest BCUT2D eigenvalue weighted by molar-refractivity contribution is -0.137. The van der Waals surface area contributed by atoms with Crippen LogP contribution in [0.4, 0.5) is 0 Å². The van der Waals surface area contributed by atoms with Gasteiger partial charge in [-0.1, -0.05) is 0 Å². The Morgan fingerprint density at radius 1 is 1.25 bits per heavy atom. The standard InChI is InChI=1S/C12H12N4O3S/c17-9(18)3-1-4-15-11(19)8-7-16-12(20-8)10-13-5-2-6-14-10/h2,5-7H,1,3-4H2,(H,15,19)(H,17,18). The van der Waals surface area contributed by atoms with Crippen molar-refractivity contribution in [1.29, 1.82) is 0 Å². The maximum absolute atomic E-state index is 11.8. The number of hydrogen-bond acceptors (Lipinski definition) is 6. The number of carbonyl (C=O) groups excluding carboxylic acids is 1. The Bertz CT molecular complexity index is 600. The number of carboxylic acid groups (broad SMARTS) is 1. The Balaban J connectivity index is 1.92. The Hall–Kier alpha value is -2.35. The summed E-state index contributed by atoms with van der Waals surface area (Å²) in [5, 5.41) is 11.7. The minimum atomic E-state index is -0.874. The van der Waals surface area contributed by atoms with Gasteiger partial charge in [0.2, 0.25) is 0 Å². The number of nitrogens with one attached hydrogen (secondary N) is 1. The highest BCUT2D eigenvalue weighted by Crippen LogP contribution is 2.21. The first-order chi connectivity index (χ1) is 9.66. The first-order valence-electron chi connectivity index (χ1n) is 5.90. The summed E-state index contributed by atoms with van der Waals surface area (Å²) in [5.41, 5.74) is 0. The lowest BCUT2D eigenvalue weighted by Crippen LogP contribution is -2.24. The highest BCUT2D eigenvalue weighted by Gasteiger charge is 2.12. The fourth-order valence-electron chi connectivity index (χ4n) is 1.42. The second kappa shape index (κ2) is 6.71. The minimum Gasteiger partial charge on any atom is -0.481 e. The lowest BCUT2D eigenvalue weighted by atomic mass is 10.3. The highest BCUT2D eigenvalue weighted by molar-refractivity contribution is 7.16. The van der Waals surface area contributed by atoms with Gasteiger partial charge in [-0.2, -0.15) is 0 Å². The van der Waals surface area contributed by atoms with Crippen molar-refractivity contribution in [3.63, 3.8) is 0 Å². The Kier molecular flexibility index (Phi) is 4.72. The van der Waals surface area contributed by atoms with Gasteiger partial charge in [0, 0.05) is 25.4 Å². The van der Waals surface area contributed by atoms with E-state index in [1.807, 2.05) is 0 Å². The molecule has 0 aliphatic carbocycles. The van der Waals surface area contributed by atoms with Gasteiger partial charge in [0.1, 0.15) is 4.88 Å². The van der Waals surface area contributed by atoms with Crippen LogP contribution >= 0.6 is 11.3 Å². The number of carbonyl (C=O) groups is 2. The number of aromatic nitrogens is 3. The Labute approximate surface area is 118 Å². The number of thiazole rings is 1. The molecule has 0 aliphatic heterocycles. The number of carboxylic acids is 1. The van der Waals surface area contributed by atoms with Crippen molar-refractivity contribution in [3.8, 4) is 10.8 Å². The monoisotopic (exact) mass is 292 g/mol. The van der Waals surface area contributed by atoms with Crippen molar-refractivity contribution >= 4 is 23.2 Å². The number of amides is 1. The van der Waals surface area contributed by atoms with Crippen molar-refractivity contribution < 1.29 is 14.7 Å². The van der Waals surface area contributed by atoms with Gasteiger partial charge in [0.15, 0.2) is 10.8 Å². The smallest absolute Gasteiger partial charge is 0.303 e. The first-order valence-corrected chi connectivity index (χ1v) is 6.71. The van der Waals surface area contributed by atoms with Crippen LogP contribution in [0.3, 0.4) is 0 Å². The zero-order valence-electron chi connectivity index (χ0n) is 10.4. The van der Waals surface area contributed by atoms with Crippen LogP contribution in [0.25, 0.3) is 10.8 Å². The summed E-state index contributed by atoms with van der Waals surface area (Å²) in [6, 6.07) is 1.70. The molecule has 7 nitrogen and oxygen atoms in total. The summed E-state index contributed by atoms with van der Waals surface area (Å²) in [6.45, 7) is 0.320. The number of hydrogen-bond donors (Lipinski definition) is 2. The van der Waals surface area contributed by atoms with Crippen molar-refractivity contribution in [3.05, 3.63) is 29.5 Å². The fraction of sp³-hybridized carbons (Fsp3) is 0.250. The zero-order chi connectivity index (χ0) is 14.4. The van der Waals surface area contributed by atoms with E-state index in [1.54, 1.807) is 18.5 Å². The molecule has 0 atom stereocenters. The van der Waals surface area contributed by atoms with Gasteiger partial charge >= 0.3 is 5.97 Å². The van der Waals surface area contributed by atoms with Gasteiger partial charge in [0.25, 0.3) is 5.91 Å². The summed E-state index contributed by atoms with van der Waals surface area (Å²) < 4.78 is 0. The highest BCUT2D eigenvalue weighted by atomic mass is 32.1. The molecule has 0 unspecified atom stereocenters. The summed E-state index contributed by atoms with van der Waals surface area (Å²) in [7, 11) is 0. The molecule has 0 spiro atoms. The molecule has 2 N–H and O–H groups in total. The predicted octanol–water partition coefficient (Wildman–Crippen LogP) is 1.19. The van der Waals surface area contributed by atoms with E-state index >= 15 is 0 Å². The van der Waals surface area contributed by atoms with Gasteiger partial charge in [-0.15, -0.1) is 11.3 Å². The van der Waals surface area contributed by atoms with Crippen LogP contribution < -0.4 is 5.32 Å². The van der Waals surface area contributed by atoms with Gasteiger partial charge in [-0.25, -0.2) is 15.0 Å². The maximum atomic E-state index is 11.8. The Morgan fingerprint density at radius 2 is 2.00 bits per heavy atom. The number of nitrogens with zero attached hydrogens (tertiary/aromatic N) is 3. The van der Waals surface area contributed by atoms with E-state index in [1.165, 1.54) is 17.5 Å². The number of rotatable bonds is 6. The SMILES string of the molecule is O=C(O)CCCNC(=O)c1cnc(-c2ncccn2)s1. The topological polar surface area (TPSA) is 105 Å². The van der Waals surface area contributed by atoms with Gasteiger partial charge in [0.05, 0.1) is 6.20 Å². The third-order valence-electron chi connectivity index (χ3n) is 2.34. The van der Waals surface area contributed by atoms with Crippen LogP contribution in [-0.2, 0) is 4.79 Å². The fourth-order valence-corrected chi connectivity index (χ4v) is 2.20. The van der Waals surface area contributed by atoms with Crippen LogP contribution in [0, 0.1) is 0 Å². The Morgan fingerprint density at radius 3 is 2.70 bits per heavy atom. The molecule has 2 rings (SSSR count). The largest absolute Gasteiger partial charge is 0.481 e. The van der Waals surface area contributed by atoms with Crippen LogP contribution in [0.2, 0.25) is 0 Å². The van der Waals surface area contributed by atoms with Crippen molar-refractivity contribution in [2.45, 2.75) is 12.8 Å². The van der Waals surface area contributed by atoms with E-state index in [-0.39, 0.29) is 12.3 Å². The lowest BCUT2D eigenvalue weighted by Gasteiger charge is -2.00. The molecule has 0 aliphatic rings. The summed E-state index contributed by atoms with van der Waals surface area (Å²) in [4.78, 5) is 34.8. The van der Waals surface area contributed by atoms with Gasteiger partial charge in [-0.05, 0) is 12.5 Å². The van der Waals surface area contributed by atoms with E-state index < -0.39 is 5.97 Å². The second-order valence-corrected chi connectivity index (χ2v) is 4.89. The summed E-state index contributed by atoms with van der Waals surface area (Å²) in [5.74, 6) is -0.668. The van der Waals surface area contributed by atoms with Crippen molar-refractivity contribution in [1.82, 2.24) is 20.3 Å². The average molecular weight is 292 g/mol. The quantitative estimate of drug-likeness (QED) is 0.775. The maximum Gasteiger partial charge on any atom is 0.303 e. The van der Waals surface area contributed by atoms with E-state index in [0.717, 1.165) is 0 Å². The second-order valence-electron chi connectivity index (χ2n) is 3.86. The predicted molar refractivity (Wildman–Crippen MR) is 72.3 cm³/mol. The van der Waals surface area contributed by atoms with Crippen LogP contribution in [-0.4, -0.2) is 38.5 Å². The van der Waals surface area contributed by atoms with Crippen LogP contribution in [0.15, 0.2) is 24.7 Å². The third-order valence-corrected chi connectivity index (χ3v) is 3.33. The molecule has 0 saturated heterocycles. The molecule has 2 aromatic rings. The van der Waals surface area contributed by atoms with E-state index in [0.29, 0.717) is 28.7 Å². The first kappa shape index (κ1) is 14.1. The summed E-state index contributed by atoms with van der Waals surface area (Å²) in [6.07, 6.45) is 5.11. The average Bonchev–Trinajstić information content (AvgIpc) is 2.94. The van der Waals surface area contributed by atoms with E-state index in [9.17, 15) is 9.59 Å². The van der Waals surface area contributed by atoms with Crippen molar-refractivity contribution in [2.75, 3.05) is 6.54 Å². The summed E-state index contributed by atoms with van der Waals surface area (Å²) >= 11 is 1.19. The molecule has 0 fully saturated rings. The van der Waals surface area contributed by atoms with Crippen molar-refractivity contribution in [2.24, 2.45) is 0 Å². The third kappa shape index (κ3) is 3.82. The molecule has 104 valence electrons. The molecule has 0 saturated carbocycles. The molecule has 0 aromatic carbocycles.